The molecule has 37 heavy (non-hydrogen) atoms. The summed E-state index contributed by atoms with van der Waals surface area (Å²) in [5.74, 6) is -0.105. The minimum absolute atomic E-state index is 0.0452. The fourth-order valence-corrected chi connectivity index (χ4v) is 3.86. The average molecular weight is 520 g/mol. The van der Waals surface area contributed by atoms with Crippen molar-refractivity contribution < 1.29 is 32.2 Å². The van der Waals surface area contributed by atoms with Gasteiger partial charge in [0.05, 0.1) is 45.2 Å². The standard InChI is InChI=1S/C24H23F3N4O6/c1-35-18-7-6-17(13-19(18)36-2)31-23(34)30(14-15-4-3-5-16(12-15)24(25,26)27)22(33)20(28-31)21(32)29-8-10-37-11-9-29/h3-7,12-13H,8-11,14H2,1-2H3. The Labute approximate surface area is 208 Å². The molecule has 0 atom stereocenters. The van der Waals surface area contributed by atoms with Crippen LogP contribution in [0.1, 0.15) is 21.6 Å². The van der Waals surface area contributed by atoms with Crippen molar-refractivity contribution in [2.24, 2.45) is 0 Å². The summed E-state index contributed by atoms with van der Waals surface area (Å²) in [4.78, 5) is 41.3. The SMILES string of the molecule is COc1ccc(-n2nc(C(=O)N3CCOCC3)c(=O)n(Cc3cccc(C(F)(F)F)c3)c2=O)cc1OC. The molecule has 0 radical (unpaired) electrons. The summed E-state index contributed by atoms with van der Waals surface area (Å²) in [7, 11) is 2.82. The summed E-state index contributed by atoms with van der Waals surface area (Å²) in [6, 6.07) is 8.66. The smallest absolute Gasteiger partial charge is 0.416 e. The van der Waals surface area contributed by atoms with E-state index in [1.165, 1.54) is 49.5 Å². The van der Waals surface area contributed by atoms with Crippen molar-refractivity contribution in [2.75, 3.05) is 40.5 Å². The fraction of sp³-hybridized carbons (Fsp3) is 0.333. The van der Waals surface area contributed by atoms with E-state index in [0.717, 1.165) is 16.8 Å². The molecule has 0 aliphatic carbocycles. The van der Waals surface area contributed by atoms with Gasteiger partial charge in [-0.1, -0.05) is 12.1 Å². The lowest BCUT2D eigenvalue weighted by atomic mass is 10.1. The minimum Gasteiger partial charge on any atom is -0.493 e. The number of nitrogens with zero attached hydrogens (tertiary/aromatic N) is 4. The normalized spacial score (nSPS) is 13.9. The van der Waals surface area contributed by atoms with Gasteiger partial charge in [-0.3, -0.25) is 14.2 Å². The number of amides is 1. The van der Waals surface area contributed by atoms with Crippen LogP contribution in [0.3, 0.4) is 0 Å². The first-order chi connectivity index (χ1) is 17.6. The van der Waals surface area contributed by atoms with Crippen LogP contribution in [0.5, 0.6) is 11.5 Å². The van der Waals surface area contributed by atoms with Crippen LogP contribution < -0.4 is 20.7 Å². The molecule has 0 bridgehead atoms. The first-order valence-electron chi connectivity index (χ1n) is 11.1. The molecule has 1 saturated heterocycles. The van der Waals surface area contributed by atoms with E-state index in [1.54, 1.807) is 0 Å². The molecule has 0 saturated carbocycles. The summed E-state index contributed by atoms with van der Waals surface area (Å²) in [6.45, 7) is 0.436. The van der Waals surface area contributed by atoms with Crippen LogP contribution >= 0.6 is 0 Å². The Morgan fingerprint density at radius 2 is 1.73 bits per heavy atom. The number of hydrogen-bond donors (Lipinski definition) is 0. The molecule has 2 aromatic carbocycles. The molecular weight excluding hydrogens is 497 g/mol. The van der Waals surface area contributed by atoms with E-state index >= 15 is 0 Å². The molecule has 2 heterocycles. The van der Waals surface area contributed by atoms with Crippen molar-refractivity contribution >= 4 is 5.91 Å². The maximum Gasteiger partial charge on any atom is 0.416 e. The van der Waals surface area contributed by atoms with Gasteiger partial charge in [0.15, 0.2) is 11.5 Å². The Bertz CT molecular complexity index is 1430. The van der Waals surface area contributed by atoms with Gasteiger partial charge in [0.2, 0.25) is 5.69 Å². The van der Waals surface area contributed by atoms with E-state index in [-0.39, 0.29) is 43.3 Å². The molecule has 1 aliphatic rings. The first-order valence-corrected chi connectivity index (χ1v) is 11.1. The predicted molar refractivity (Wildman–Crippen MR) is 124 cm³/mol. The van der Waals surface area contributed by atoms with Gasteiger partial charge in [-0.15, -0.1) is 0 Å². The van der Waals surface area contributed by atoms with Crippen LogP contribution in [0.4, 0.5) is 13.2 Å². The van der Waals surface area contributed by atoms with Crippen LogP contribution in [-0.4, -0.2) is 65.7 Å². The molecule has 1 amide bonds. The molecule has 196 valence electrons. The van der Waals surface area contributed by atoms with Crippen LogP contribution in [0.25, 0.3) is 5.69 Å². The monoisotopic (exact) mass is 520 g/mol. The Hall–Kier alpha value is -4.13. The third-order valence-corrected chi connectivity index (χ3v) is 5.77. The summed E-state index contributed by atoms with van der Waals surface area (Å²) < 4.78 is 57.0. The number of carbonyl (C=O) groups is 1. The lowest BCUT2D eigenvalue weighted by molar-refractivity contribution is -0.137. The molecule has 10 nitrogen and oxygen atoms in total. The van der Waals surface area contributed by atoms with Crippen LogP contribution in [0.15, 0.2) is 52.1 Å². The molecule has 0 unspecified atom stereocenters. The summed E-state index contributed by atoms with van der Waals surface area (Å²) in [5, 5.41) is 4.07. The van der Waals surface area contributed by atoms with Crippen molar-refractivity contribution in [3.8, 4) is 17.2 Å². The van der Waals surface area contributed by atoms with Gasteiger partial charge in [-0.05, 0) is 29.8 Å². The molecular formula is C24H23F3N4O6. The van der Waals surface area contributed by atoms with Crippen LogP contribution in [0, 0.1) is 0 Å². The topological polar surface area (TPSA) is 105 Å². The van der Waals surface area contributed by atoms with Gasteiger partial charge >= 0.3 is 11.9 Å². The van der Waals surface area contributed by atoms with Gasteiger partial charge in [0.25, 0.3) is 11.5 Å². The van der Waals surface area contributed by atoms with E-state index in [1.807, 2.05) is 0 Å². The van der Waals surface area contributed by atoms with E-state index in [2.05, 4.69) is 5.10 Å². The minimum atomic E-state index is -4.61. The Morgan fingerprint density at radius 1 is 1.03 bits per heavy atom. The Balaban J connectivity index is 1.88. The molecule has 3 aromatic rings. The average Bonchev–Trinajstić information content (AvgIpc) is 2.90. The second-order valence-corrected chi connectivity index (χ2v) is 8.08. The second-order valence-electron chi connectivity index (χ2n) is 8.08. The number of rotatable bonds is 6. The third kappa shape index (κ3) is 5.35. The number of carbonyl (C=O) groups excluding carboxylic acids is 1. The number of methoxy groups -OCH3 is 2. The van der Waals surface area contributed by atoms with E-state index in [0.29, 0.717) is 10.3 Å². The molecule has 0 spiro atoms. The van der Waals surface area contributed by atoms with Gasteiger partial charge in [-0.25, -0.2) is 4.79 Å². The van der Waals surface area contributed by atoms with E-state index < -0.39 is 41.1 Å². The van der Waals surface area contributed by atoms with Crippen molar-refractivity contribution in [1.82, 2.24) is 19.2 Å². The zero-order chi connectivity index (χ0) is 26.7. The number of benzene rings is 2. The molecule has 1 fully saturated rings. The summed E-state index contributed by atoms with van der Waals surface area (Å²) in [6.07, 6.45) is -4.61. The Morgan fingerprint density at radius 3 is 2.38 bits per heavy atom. The number of halogens is 3. The van der Waals surface area contributed by atoms with E-state index in [9.17, 15) is 27.6 Å². The van der Waals surface area contributed by atoms with E-state index in [4.69, 9.17) is 14.2 Å². The van der Waals surface area contributed by atoms with Gasteiger partial charge in [0.1, 0.15) is 0 Å². The maximum absolute atomic E-state index is 13.4. The van der Waals surface area contributed by atoms with Crippen molar-refractivity contribution in [3.63, 3.8) is 0 Å². The third-order valence-electron chi connectivity index (χ3n) is 5.77. The predicted octanol–water partition coefficient (Wildman–Crippen LogP) is 1.95. The number of ether oxygens (including phenoxy) is 3. The fourth-order valence-electron chi connectivity index (χ4n) is 3.86. The zero-order valence-electron chi connectivity index (χ0n) is 19.9. The number of hydrogen-bond acceptors (Lipinski definition) is 7. The van der Waals surface area contributed by atoms with Crippen molar-refractivity contribution in [1.29, 1.82) is 0 Å². The van der Waals surface area contributed by atoms with Crippen molar-refractivity contribution in [3.05, 3.63) is 80.1 Å². The van der Waals surface area contributed by atoms with Crippen LogP contribution in [-0.2, 0) is 17.5 Å². The lowest BCUT2D eigenvalue weighted by Crippen LogP contribution is -2.48. The number of morpholine rings is 1. The highest BCUT2D eigenvalue weighted by Gasteiger charge is 2.31. The largest absolute Gasteiger partial charge is 0.493 e. The van der Waals surface area contributed by atoms with Gasteiger partial charge in [-0.2, -0.15) is 23.0 Å². The van der Waals surface area contributed by atoms with Crippen molar-refractivity contribution in [2.45, 2.75) is 12.7 Å². The lowest BCUT2D eigenvalue weighted by Gasteiger charge is -2.26. The first kappa shape index (κ1) is 25.9. The molecule has 13 heteroatoms. The van der Waals surface area contributed by atoms with Gasteiger partial charge in [0, 0.05) is 19.2 Å². The highest BCUT2D eigenvalue weighted by Crippen LogP contribution is 2.30. The van der Waals surface area contributed by atoms with Crippen LogP contribution in [0.2, 0.25) is 0 Å². The van der Waals surface area contributed by atoms with Gasteiger partial charge < -0.3 is 19.1 Å². The quantitative estimate of drug-likeness (QED) is 0.489. The molecule has 1 aromatic heterocycles. The highest BCUT2D eigenvalue weighted by atomic mass is 19.4. The molecule has 4 rings (SSSR count). The summed E-state index contributed by atoms with van der Waals surface area (Å²) >= 11 is 0. The summed E-state index contributed by atoms with van der Waals surface area (Å²) in [5.41, 5.74) is -3.26. The second kappa shape index (κ2) is 10.5. The zero-order valence-corrected chi connectivity index (χ0v) is 19.9. The highest BCUT2D eigenvalue weighted by molar-refractivity contribution is 5.91. The maximum atomic E-state index is 13.4. The number of alkyl halides is 3. The molecule has 1 aliphatic heterocycles. The Kier molecular flexibility index (Phi) is 7.34. The number of aromatic nitrogens is 3. The molecule has 0 N–H and O–H groups in total.